The van der Waals surface area contributed by atoms with Crippen LogP contribution in [0.3, 0.4) is 0 Å². The first kappa shape index (κ1) is 10.7. The Labute approximate surface area is 91.6 Å². The molecule has 1 aromatic rings. The fourth-order valence-electron chi connectivity index (χ4n) is 2.04. The summed E-state index contributed by atoms with van der Waals surface area (Å²) in [6.45, 7) is 5.99. The summed E-state index contributed by atoms with van der Waals surface area (Å²) in [6, 6.07) is 8.62. The van der Waals surface area contributed by atoms with Crippen LogP contribution in [0.5, 0.6) is 0 Å². The third kappa shape index (κ3) is 3.05. The predicted octanol–water partition coefficient (Wildman–Crippen LogP) is 1.77. The van der Waals surface area contributed by atoms with Crippen molar-refractivity contribution >= 4 is 0 Å². The maximum Gasteiger partial charge on any atom is 0.0591 e. The normalized spacial score (nSPS) is 22.3. The molecule has 1 saturated heterocycles. The molecule has 15 heavy (non-hydrogen) atoms. The molecule has 0 aliphatic carbocycles. The molecule has 1 unspecified atom stereocenters. The van der Waals surface area contributed by atoms with E-state index in [2.05, 4.69) is 36.5 Å². The van der Waals surface area contributed by atoms with E-state index >= 15 is 0 Å². The lowest BCUT2D eigenvalue weighted by Crippen LogP contribution is -2.24. The Bertz CT molecular complexity index is 303. The van der Waals surface area contributed by atoms with Gasteiger partial charge in [-0.1, -0.05) is 24.3 Å². The average Bonchev–Trinajstić information content (AvgIpc) is 2.50. The van der Waals surface area contributed by atoms with Gasteiger partial charge in [0.1, 0.15) is 0 Å². The summed E-state index contributed by atoms with van der Waals surface area (Å²) in [7, 11) is 0. The van der Waals surface area contributed by atoms with Gasteiger partial charge in [0.15, 0.2) is 0 Å². The summed E-state index contributed by atoms with van der Waals surface area (Å²) in [4.78, 5) is 0. The Morgan fingerprint density at radius 3 is 3.13 bits per heavy atom. The van der Waals surface area contributed by atoms with Crippen LogP contribution in [0.25, 0.3) is 0 Å². The van der Waals surface area contributed by atoms with Gasteiger partial charge in [-0.2, -0.15) is 0 Å². The van der Waals surface area contributed by atoms with Crippen molar-refractivity contribution < 1.29 is 4.74 Å². The van der Waals surface area contributed by atoms with Crippen molar-refractivity contribution in [2.45, 2.75) is 13.3 Å². The zero-order valence-electron chi connectivity index (χ0n) is 9.33. The lowest BCUT2D eigenvalue weighted by Gasteiger charge is -2.15. The van der Waals surface area contributed by atoms with Gasteiger partial charge >= 0.3 is 0 Å². The summed E-state index contributed by atoms with van der Waals surface area (Å²) in [6.07, 6.45) is 1.12. The molecule has 2 nitrogen and oxygen atoms in total. The Hall–Kier alpha value is -0.860. The second-order valence-corrected chi connectivity index (χ2v) is 4.28. The second kappa shape index (κ2) is 5.29. The Balaban J connectivity index is 1.98. The fraction of sp³-hybridized carbons (Fsp3) is 0.538. The molecule has 0 spiro atoms. The molecule has 0 saturated carbocycles. The van der Waals surface area contributed by atoms with E-state index in [-0.39, 0.29) is 0 Å². The van der Waals surface area contributed by atoms with Crippen LogP contribution in [0.4, 0.5) is 0 Å². The Kier molecular flexibility index (Phi) is 3.75. The molecular formula is C13H19NO. The number of aryl methyl sites for hydroxylation is 1. The summed E-state index contributed by atoms with van der Waals surface area (Å²) in [5, 5.41) is 3.41. The zero-order chi connectivity index (χ0) is 10.5. The van der Waals surface area contributed by atoms with E-state index in [9.17, 15) is 0 Å². The molecule has 0 amide bonds. The van der Waals surface area contributed by atoms with Gasteiger partial charge in [0.2, 0.25) is 0 Å². The summed E-state index contributed by atoms with van der Waals surface area (Å²) in [5.74, 6) is 0.619. The van der Waals surface area contributed by atoms with Gasteiger partial charge in [-0.25, -0.2) is 0 Å². The minimum atomic E-state index is 0.619. The first-order valence-corrected chi connectivity index (χ1v) is 5.69. The number of hydrogen-bond donors (Lipinski definition) is 1. The van der Waals surface area contributed by atoms with Crippen molar-refractivity contribution in [1.82, 2.24) is 5.32 Å². The van der Waals surface area contributed by atoms with E-state index in [1.807, 2.05) is 0 Å². The van der Waals surface area contributed by atoms with Crippen LogP contribution in [0.15, 0.2) is 24.3 Å². The molecular weight excluding hydrogens is 186 g/mol. The molecule has 2 rings (SSSR count). The third-order valence-electron chi connectivity index (χ3n) is 2.98. The van der Waals surface area contributed by atoms with Gasteiger partial charge in [-0.05, 0) is 30.4 Å². The number of ether oxygens (including phenoxy) is 1. The molecule has 1 aliphatic rings. The van der Waals surface area contributed by atoms with Crippen molar-refractivity contribution in [3.05, 3.63) is 35.4 Å². The lowest BCUT2D eigenvalue weighted by molar-refractivity contribution is 0.123. The van der Waals surface area contributed by atoms with E-state index in [1.54, 1.807) is 0 Å². The number of hydrogen-bond acceptors (Lipinski definition) is 2. The summed E-state index contributed by atoms with van der Waals surface area (Å²) >= 11 is 0. The monoisotopic (exact) mass is 205 g/mol. The van der Waals surface area contributed by atoms with Crippen molar-refractivity contribution in [3.8, 4) is 0 Å². The maximum absolute atomic E-state index is 5.56. The Morgan fingerprint density at radius 2 is 2.27 bits per heavy atom. The van der Waals surface area contributed by atoms with Gasteiger partial charge in [0, 0.05) is 13.1 Å². The van der Waals surface area contributed by atoms with Crippen LogP contribution >= 0.6 is 0 Å². The molecule has 82 valence electrons. The smallest absolute Gasteiger partial charge is 0.0591 e. The highest BCUT2D eigenvalue weighted by Crippen LogP contribution is 2.14. The molecule has 0 aromatic heterocycles. The van der Waals surface area contributed by atoms with Gasteiger partial charge < -0.3 is 10.1 Å². The van der Waals surface area contributed by atoms with Crippen molar-refractivity contribution in [2.24, 2.45) is 5.92 Å². The molecule has 1 atom stereocenters. The van der Waals surface area contributed by atoms with Crippen LogP contribution < -0.4 is 5.32 Å². The first-order valence-electron chi connectivity index (χ1n) is 5.69. The van der Waals surface area contributed by atoms with E-state index in [0.717, 1.165) is 32.7 Å². The van der Waals surface area contributed by atoms with Crippen LogP contribution in [0, 0.1) is 12.8 Å². The lowest BCUT2D eigenvalue weighted by atomic mass is 9.97. The average molecular weight is 205 g/mol. The number of nitrogens with one attached hydrogen (secondary N) is 1. The molecule has 1 fully saturated rings. The molecule has 1 aliphatic heterocycles. The fourth-order valence-corrected chi connectivity index (χ4v) is 2.04. The van der Waals surface area contributed by atoms with E-state index in [4.69, 9.17) is 4.74 Å². The SMILES string of the molecule is Cc1ccccc1CC1CNCCOC1. The first-order chi connectivity index (χ1) is 7.36. The molecule has 1 aromatic carbocycles. The molecule has 1 heterocycles. The van der Waals surface area contributed by atoms with Crippen LogP contribution in [0.1, 0.15) is 11.1 Å². The highest BCUT2D eigenvalue weighted by Gasteiger charge is 2.13. The Morgan fingerprint density at radius 1 is 1.40 bits per heavy atom. The predicted molar refractivity (Wildman–Crippen MR) is 62.1 cm³/mol. The van der Waals surface area contributed by atoms with E-state index in [1.165, 1.54) is 11.1 Å². The van der Waals surface area contributed by atoms with E-state index < -0.39 is 0 Å². The minimum Gasteiger partial charge on any atom is -0.380 e. The van der Waals surface area contributed by atoms with Gasteiger partial charge in [-0.15, -0.1) is 0 Å². The van der Waals surface area contributed by atoms with Crippen molar-refractivity contribution in [3.63, 3.8) is 0 Å². The molecule has 1 N–H and O–H groups in total. The summed E-state index contributed by atoms with van der Waals surface area (Å²) < 4.78 is 5.56. The van der Waals surface area contributed by atoms with Gasteiger partial charge in [0.25, 0.3) is 0 Å². The number of rotatable bonds is 2. The van der Waals surface area contributed by atoms with Gasteiger partial charge in [-0.3, -0.25) is 0 Å². The second-order valence-electron chi connectivity index (χ2n) is 4.28. The molecule has 0 radical (unpaired) electrons. The standard InChI is InChI=1S/C13H19NO/c1-11-4-2-3-5-13(11)8-12-9-14-6-7-15-10-12/h2-5,12,14H,6-10H2,1H3. The third-order valence-corrected chi connectivity index (χ3v) is 2.98. The highest BCUT2D eigenvalue weighted by molar-refractivity contribution is 5.25. The van der Waals surface area contributed by atoms with Crippen molar-refractivity contribution in [2.75, 3.05) is 26.3 Å². The highest BCUT2D eigenvalue weighted by atomic mass is 16.5. The van der Waals surface area contributed by atoms with E-state index in [0.29, 0.717) is 5.92 Å². The largest absolute Gasteiger partial charge is 0.380 e. The minimum absolute atomic E-state index is 0.619. The summed E-state index contributed by atoms with van der Waals surface area (Å²) in [5.41, 5.74) is 2.84. The van der Waals surface area contributed by atoms with Crippen molar-refractivity contribution in [1.29, 1.82) is 0 Å². The van der Waals surface area contributed by atoms with Crippen LogP contribution in [-0.4, -0.2) is 26.3 Å². The quantitative estimate of drug-likeness (QED) is 0.794. The maximum atomic E-state index is 5.56. The number of benzene rings is 1. The topological polar surface area (TPSA) is 21.3 Å². The zero-order valence-corrected chi connectivity index (χ0v) is 9.33. The molecule has 2 heteroatoms. The van der Waals surface area contributed by atoms with Gasteiger partial charge in [0.05, 0.1) is 13.2 Å². The van der Waals surface area contributed by atoms with Crippen LogP contribution in [-0.2, 0) is 11.2 Å². The molecule has 0 bridgehead atoms. The van der Waals surface area contributed by atoms with Crippen LogP contribution in [0.2, 0.25) is 0 Å².